The van der Waals surface area contributed by atoms with Crippen LogP contribution in [0, 0.1) is 0 Å². The molecule has 0 saturated heterocycles. The fourth-order valence-electron chi connectivity index (χ4n) is 2.17. The summed E-state index contributed by atoms with van der Waals surface area (Å²) in [5, 5.41) is 3.41. The average molecular weight is 181 g/mol. The molecule has 1 N–H and O–H groups in total. The summed E-state index contributed by atoms with van der Waals surface area (Å²) in [5.74, 6) is 0. The summed E-state index contributed by atoms with van der Waals surface area (Å²) < 4.78 is 0. The van der Waals surface area contributed by atoms with Crippen LogP contribution in [-0.2, 0) is 0 Å². The van der Waals surface area contributed by atoms with E-state index in [4.69, 9.17) is 0 Å². The molecule has 1 atom stereocenters. The van der Waals surface area contributed by atoms with Crippen LogP contribution in [0.5, 0.6) is 0 Å². The molecule has 0 aliphatic heterocycles. The lowest BCUT2D eigenvalue weighted by Crippen LogP contribution is -2.24. The van der Waals surface area contributed by atoms with Gasteiger partial charge in [-0.2, -0.15) is 0 Å². The van der Waals surface area contributed by atoms with Crippen molar-refractivity contribution in [3.63, 3.8) is 0 Å². The van der Waals surface area contributed by atoms with Crippen LogP contribution >= 0.6 is 0 Å². The van der Waals surface area contributed by atoms with Gasteiger partial charge in [-0.05, 0) is 52.5 Å². The molecule has 1 saturated carbocycles. The fourth-order valence-corrected chi connectivity index (χ4v) is 2.17. The van der Waals surface area contributed by atoms with Crippen molar-refractivity contribution in [3.8, 4) is 0 Å². The maximum Gasteiger partial charge on any atom is 0.00641 e. The van der Waals surface area contributed by atoms with Crippen LogP contribution in [-0.4, -0.2) is 13.1 Å². The van der Waals surface area contributed by atoms with Crippen molar-refractivity contribution in [2.45, 2.75) is 57.9 Å². The quantitative estimate of drug-likeness (QED) is 0.612. The molecule has 76 valence electrons. The lowest BCUT2D eigenvalue weighted by atomic mass is 10.0. The smallest absolute Gasteiger partial charge is 0.00641 e. The Bertz CT molecular complexity index is 161. The van der Waals surface area contributed by atoms with E-state index < -0.39 is 0 Å². The van der Waals surface area contributed by atoms with E-state index in [-0.39, 0.29) is 0 Å². The molecule has 0 bridgehead atoms. The minimum atomic E-state index is 0.774. The van der Waals surface area contributed by atoms with Crippen molar-refractivity contribution in [2.24, 2.45) is 0 Å². The highest BCUT2D eigenvalue weighted by Crippen LogP contribution is 2.20. The highest BCUT2D eigenvalue weighted by Gasteiger charge is 2.09. The minimum Gasteiger partial charge on any atom is -0.317 e. The Balaban J connectivity index is 2.38. The zero-order valence-corrected chi connectivity index (χ0v) is 9.10. The summed E-state index contributed by atoms with van der Waals surface area (Å²) in [4.78, 5) is 0. The molecule has 1 heteroatoms. The average Bonchev–Trinajstić information content (AvgIpc) is 2.28. The summed E-state index contributed by atoms with van der Waals surface area (Å²) in [7, 11) is 2.10. The molecule has 0 aromatic carbocycles. The second-order valence-electron chi connectivity index (χ2n) is 4.07. The van der Waals surface area contributed by atoms with E-state index in [1.807, 2.05) is 0 Å². The molecule has 0 aromatic heterocycles. The first kappa shape index (κ1) is 10.8. The molecule has 1 aliphatic carbocycles. The molecule has 1 nitrogen and oxygen atoms in total. The van der Waals surface area contributed by atoms with Gasteiger partial charge in [0, 0.05) is 6.04 Å². The molecule has 0 spiro atoms. The van der Waals surface area contributed by atoms with Gasteiger partial charge in [-0.3, -0.25) is 0 Å². The van der Waals surface area contributed by atoms with Gasteiger partial charge in [-0.1, -0.05) is 18.1 Å². The van der Waals surface area contributed by atoms with Crippen LogP contribution in [0.25, 0.3) is 0 Å². The van der Waals surface area contributed by atoms with Crippen molar-refractivity contribution in [3.05, 3.63) is 11.6 Å². The third-order valence-electron chi connectivity index (χ3n) is 3.17. The zero-order chi connectivity index (χ0) is 9.52. The summed E-state index contributed by atoms with van der Waals surface area (Å²) >= 11 is 0. The van der Waals surface area contributed by atoms with Gasteiger partial charge in [0.05, 0.1) is 0 Å². The molecule has 1 rings (SSSR count). The van der Waals surface area contributed by atoms with E-state index in [1.54, 1.807) is 5.57 Å². The van der Waals surface area contributed by atoms with Crippen molar-refractivity contribution in [2.75, 3.05) is 7.05 Å². The Morgan fingerprint density at radius 2 is 1.85 bits per heavy atom. The number of allylic oxidation sites excluding steroid dienone is 2. The predicted octanol–water partition coefficient (Wildman–Crippen LogP) is 3.27. The lowest BCUT2D eigenvalue weighted by molar-refractivity contribution is 0.466. The maximum atomic E-state index is 3.41. The zero-order valence-electron chi connectivity index (χ0n) is 9.10. The van der Waals surface area contributed by atoms with Crippen LogP contribution in [0.15, 0.2) is 11.6 Å². The SMILES string of the molecule is C/C=C1/CCCCC(NC)CCC1. The third kappa shape index (κ3) is 3.95. The van der Waals surface area contributed by atoms with Crippen LogP contribution in [0.1, 0.15) is 51.9 Å². The molecule has 1 unspecified atom stereocenters. The summed E-state index contributed by atoms with van der Waals surface area (Å²) in [5.41, 5.74) is 1.68. The topological polar surface area (TPSA) is 12.0 Å². The lowest BCUT2D eigenvalue weighted by Gasteiger charge is -2.13. The first-order valence-electron chi connectivity index (χ1n) is 5.68. The van der Waals surface area contributed by atoms with E-state index in [1.165, 1.54) is 44.9 Å². The predicted molar refractivity (Wildman–Crippen MR) is 58.9 cm³/mol. The molecule has 13 heavy (non-hydrogen) atoms. The summed E-state index contributed by atoms with van der Waals surface area (Å²) in [6, 6.07) is 0.774. The van der Waals surface area contributed by atoms with Gasteiger partial charge in [0.15, 0.2) is 0 Å². The highest BCUT2D eigenvalue weighted by atomic mass is 14.9. The van der Waals surface area contributed by atoms with E-state index >= 15 is 0 Å². The van der Waals surface area contributed by atoms with Crippen LogP contribution in [0.4, 0.5) is 0 Å². The van der Waals surface area contributed by atoms with Crippen molar-refractivity contribution in [1.29, 1.82) is 0 Å². The molecule has 1 fully saturated rings. The normalized spacial score (nSPS) is 29.4. The fraction of sp³-hybridized carbons (Fsp3) is 0.833. The molecular weight excluding hydrogens is 158 g/mol. The van der Waals surface area contributed by atoms with Gasteiger partial charge >= 0.3 is 0 Å². The Hall–Kier alpha value is -0.300. The number of hydrogen-bond donors (Lipinski definition) is 1. The van der Waals surface area contributed by atoms with Gasteiger partial charge in [0.1, 0.15) is 0 Å². The van der Waals surface area contributed by atoms with Crippen LogP contribution in [0.3, 0.4) is 0 Å². The molecule has 1 aliphatic rings. The van der Waals surface area contributed by atoms with Gasteiger partial charge in [-0.15, -0.1) is 0 Å². The number of nitrogens with one attached hydrogen (secondary N) is 1. The van der Waals surface area contributed by atoms with Gasteiger partial charge in [0.25, 0.3) is 0 Å². The van der Waals surface area contributed by atoms with Crippen molar-refractivity contribution < 1.29 is 0 Å². The molecule has 0 aromatic rings. The van der Waals surface area contributed by atoms with Crippen molar-refractivity contribution in [1.82, 2.24) is 5.32 Å². The second kappa shape index (κ2) is 6.20. The molecular formula is C12H23N. The molecule has 0 amide bonds. The molecule has 0 heterocycles. The Labute approximate surface area is 82.6 Å². The highest BCUT2D eigenvalue weighted by molar-refractivity contribution is 5.00. The van der Waals surface area contributed by atoms with E-state index in [0.29, 0.717) is 0 Å². The molecule has 0 radical (unpaired) electrons. The first-order valence-corrected chi connectivity index (χ1v) is 5.68. The van der Waals surface area contributed by atoms with E-state index in [2.05, 4.69) is 25.4 Å². The van der Waals surface area contributed by atoms with Gasteiger partial charge in [-0.25, -0.2) is 0 Å². The Kier molecular flexibility index (Phi) is 5.14. The number of hydrogen-bond acceptors (Lipinski definition) is 1. The minimum absolute atomic E-state index is 0.774. The Morgan fingerprint density at radius 1 is 1.15 bits per heavy atom. The van der Waals surface area contributed by atoms with E-state index in [0.717, 1.165) is 6.04 Å². The second-order valence-corrected chi connectivity index (χ2v) is 4.07. The van der Waals surface area contributed by atoms with Crippen LogP contribution in [0.2, 0.25) is 0 Å². The number of rotatable bonds is 1. The van der Waals surface area contributed by atoms with Gasteiger partial charge in [0.2, 0.25) is 0 Å². The Morgan fingerprint density at radius 3 is 2.54 bits per heavy atom. The third-order valence-corrected chi connectivity index (χ3v) is 3.17. The van der Waals surface area contributed by atoms with E-state index in [9.17, 15) is 0 Å². The standard InChI is InChI=1S/C12H23N/c1-3-11-7-4-5-9-12(13-2)10-6-8-11/h3,12-13H,4-10H2,1-2H3/b11-3-. The van der Waals surface area contributed by atoms with Crippen molar-refractivity contribution >= 4 is 0 Å². The monoisotopic (exact) mass is 181 g/mol. The van der Waals surface area contributed by atoms with Crippen LogP contribution < -0.4 is 5.32 Å². The summed E-state index contributed by atoms with van der Waals surface area (Å²) in [6.07, 6.45) is 11.9. The summed E-state index contributed by atoms with van der Waals surface area (Å²) in [6.45, 7) is 2.18. The van der Waals surface area contributed by atoms with Gasteiger partial charge < -0.3 is 5.32 Å². The largest absolute Gasteiger partial charge is 0.317 e. The maximum absolute atomic E-state index is 3.41. The first-order chi connectivity index (χ1) is 6.36.